The Labute approximate surface area is 103 Å². The zero-order chi connectivity index (χ0) is 11.7. The number of anilines is 2. The summed E-state index contributed by atoms with van der Waals surface area (Å²) in [5.41, 5.74) is 2.05. The maximum Gasteiger partial charge on any atom is 0.185 e. The maximum atomic E-state index is 4.51. The summed E-state index contributed by atoms with van der Waals surface area (Å²) in [5, 5.41) is 7.07. The summed E-state index contributed by atoms with van der Waals surface area (Å²) >= 11 is 3.29. The molecule has 0 aliphatic heterocycles. The van der Waals surface area contributed by atoms with Gasteiger partial charge in [-0.2, -0.15) is 0 Å². The average Bonchev–Trinajstić information content (AvgIpc) is 2.83. The highest BCUT2D eigenvalue weighted by Gasteiger charge is 2.13. The Morgan fingerprint density at radius 1 is 1.31 bits per heavy atom. The molecule has 86 valence electrons. The number of nitrogens with zero attached hydrogens (tertiary/aromatic N) is 3. The molecular weight excluding hydrogens is 240 g/mol. The van der Waals surface area contributed by atoms with Crippen LogP contribution in [0.25, 0.3) is 10.6 Å². The highest BCUT2D eigenvalue weighted by atomic mass is 32.1. The van der Waals surface area contributed by atoms with E-state index in [2.05, 4.69) is 20.7 Å². The van der Waals surface area contributed by atoms with Crippen molar-refractivity contribution in [2.75, 3.05) is 31.4 Å². The second-order valence-electron chi connectivity index (χ2n) is 3.59. The van der Waals surface area contributed by atoms with Crippen LogP contribution < -0.4 is 10.2 Å². The molecule has 2 heterocycles. The summed E-state index contributed by atoms with van der Waals surface area (Å²) in [6.45, 7) is 2.03. The van der Waals surface area contributed by atoms with E-state index in [0.717, 1.165) is 26.5 Å². The highest BCUT2D eigenvalue weighted by Crippen LogP contribution is 2.35. The molecule has 2 aromatic heterocycles. The Hall–Kier alpha value is -1.14. The molecule has 0 atom stereocenters. The van der Waals surface area contributed by atoms with Gasteiger partial charge < -0.3 is 10.2 Å². The molecule has 16 heavy (non-hydrogen) atoms. The van der Waals surface area contributed by atoms with Crippen molar-refractivity contribution in [3.05, 3.63) is 11.1 Å². The van der Waals surface area contributed by atoms with Crippen molar-refractivity contribution >= 4 is 32.9 Å². The predicted octanol–water partition coefficient (Wildman–Crippen LogP) is 2.68. The molecule has 0 spiro atoms. The summed E-state index contributed by atoms with van der Waals surface area (Å²) in [6, 6.07) is 0. The van der Waals surface area contributed by atoms with Crippen molar-refractivity contribution in [3.63, 3.8) is 0 Å². The van der Waals surface area contributed by atoms with E-state index in [1.54, 1.807) is 22.7 Å². The normalized spacial score (nSPS) is 10.5. The van der Waals surface area contributed by atoms with Gasteiger partial charge in [-0.15, -0.1) is 11.3 Å². The first kappa shape index (κ1) is 11.3. The number of thiazole rings is 2. The summed E-state index contributed by atoms with van der Waals surface area (Å²) in [5.74, 6) is 0. The number of hydrogen-bond donors (Lipinski definition) is 1. The van der Waals surface area contributed by atoms with Crippen molar-refractivity contribution in [1.82, 2.24) is 9.97 Å². The van der Waals surface area contributed by atoms with Crippen LogP contribution in [0.1, 0.15) is 5.69 Å². The summed E-state index contributed by atoms with van der Waals surface area (Å²) < 4.78 is 0. The molecule has 0 radical (unpaired) electrons. The molecular formula is C10H14N4S2. The lowest BCUT2D eigenvalue weighted by molar-refractivity contribution is 1.09. The quantitative estimate of drug-likeness (QED) is 0.914. The zero-order valence-electron chi connectivity index (χ0n) is 9.74. The fourth-order valence-electron chi connectivity index (χ4n) is 1.30. The van der Waals surface area contributed by atoms with Gasteiger partial charge in [0.2, 0.25) is 0 Å². The first-order chi connectivity index (χ1) is 7.61. The van der Waals surface area contributed by atoms with Crippen LogP contribution in [0.4, 0.5) is 10.3 Å². The molecule has 4 nitrogen and oxygen atoms in total. The average molecular weight is 254 g/mol. The van der Waals surface area contributed by atoms with E-state index in [1.165, 1.54) is 0 Å². The van der Waals surface area contributed by atoms with Gasteiger partial charge in [0.05, 0.1) is 16.3 Å². The van der Waals surface area contributed by atoms with Crippen LogP contribution in [0.5, 0.6) is 0 Å². The fraction of sp³-hybridized carbons (Fsp3) is 0.400. The third-order valence-corrected chi connectivity index (χ3v) is 4.33. The van der Waals surface area contributed by atoms with E-state index >= 15 is 0 Å². The van der Waals surface area contributed by atoms with E-state index in [1.807, 2.05) is 33.0 Å². The lowest BCUT2D eigenvalue weighted by Crippen LogP contribution is -2.07. The molecule has 0 saturated heterocycles. The SMILES string of the molecule is CNc1nc(-c2sc(N(C)C)nc2C)cs1. The Balaban J connectivity index is 2.39. The minimum Gasteiger partial charge on any atom is -0.365 e. The number of nitrogens with one attached hydrogen (secondary N) is 1. The lowest BCUT2D eigenvalue weighted by Gasteiger charge is -2.04. The lowest BCUT2D eigenvalue weighted by atomic mass is 10.3. The maximum absolute atomic E-state index is 4.51. The van der Waals surface area contributed by atoms with Crippen molar-refractivity contribution < 1.29 is 0 Å². The van der Waals surface area contributed by atoms with Gasteiger partial charge >= 0.3 is 0 Å². The Morgan fingerprint density at radius 2 is 2.06 bits per heavy atom. The summed E-state index contributed by atoms with van der Waals surface area (Å²) in [6.07, 6.45) is 0. The largest absolute Gasteiger partial charge is 0.365 e. The molecule has 2 aromatic rings. The third kappa shape index (κ3) is 2.03. The molecule has 0 bridgehead atoms. The molecule has 0 saturated carbocycles. The van der Waals surface area contributed by atoms with Gasteiger partial charge in [-0.25, -0.2) is 9.97 Å². The molecule has 0 fully saturated rings. The van der Waals surface area contributed by atoms with Gasteiger partial charge in [0, 0.05) is 26.5 Å². The smallest absolute Gasteiger partial charge is 0.185 e. The van der Waals surface area contributed by atoms with Gasteiger partial charge in [-0.1, -0.05) is 11.3 Å². The van der Waals surface area contributed by atoms with Crippen LogP contribution in [0.2, 0.25) is 0 Å². The summed E-state index contributed by atoms with van der Waals surface area (Å²) in [7, 11) is 5.89. The van der Waals surface area contributed by atoms with Crippen LogP contribution >= 0.6 is 22.7 Å². The Morgan fingerprint density at radius 3 is 2.56 bits per heavy atom. The van der Waals surface area contributed by atoms with E-state index in [4.69, 9.17) is 0 Å². The van der Waals surface area contributed by atoms with Gasteiger partial charge in [0.1, 0.15) is 0 Å². The van der Waals surface area contributed by atoms with Crippen LogP contribution in [0.3, 0.4) is 0 Å². The number of aryl methyl sites for hydroxylation is 1. The van der Waals surface area contributed by atoms with E-state index in [0.29, 0.717) is 0 Å². The van der Waals surface area contributed by atoms with Gasteiger partial charge in [-0.05, 0) is 6.92 Å². The first-order valence-electron chi connectivity index (χ1n) is 4.90. The second kappa shape index (κ2) is 4.39. The fourth-order valence-corrected chi connectivity index (χ4v) is 2.99. The minimum absolute atomic E-state index is 0.939. The van der Waals surface area contributed by atoms with Gasteiger partial charge in [0.25, 0.3) is 0 Å². The first-order valence-corrected chi connectivity index (χ1v) is 6.60. The molecule has 0 aliphatic carbocycles. The van der Waals surface area contributed by atoms with Crippen molar-refractivity contribution in [1.29, 1.82) is 0 Å². The molecule has 0 aliphatic rings. The molecule has 0 amide bonds. The van der Waals surface area contributed by atoms with Crippen LogP contribution in [-0.4, -0.2) is 31.1 Å². The molecule has 2 rings (SSSR count). The predicted molar refractivity (Wildman–Crippen MR) is 71.8 cm³/mol. The van der Waals surface area contributed by atoms with Crippen molar-refractivity contribution in [3.8, 4) is 10.6 Å². The second-order valence-corrected chi connectivity index (χ2v) is 5.43. The topological polar surface area (TPSA) is 41.1 Å². The third-order valence-electron chi connectivity index (χ3n) is 2.12. The van der Waals surface area contributed by atoms with Gasteiger partial charge in [-0.3, -0.25) is 0 Å². The monoisotopic (exact) mass is 254 g/mol. The minimum atomic E-state index is 0.939. The Bertz CT molecular complexity index is 487. The number of rotatable bonds is 3. The van der Waals surface area contributed by atoms with Gasteiger partial charge in [0.15, 0.2) is 10.3 Å². The number of hydrogen-bond acceptors (Lipinski definition) is 6. The van der Waals surface area contributed by atoms with Crippen molar-refractivity contribution in [2.45, 2.75) is 6.92 Å². The Kier molecular flexibility index (Phi) is 3.11. The molecule has 1 N–H and O–H groups in total. The van der Waals surface area contributed by atoms with Crippen LogP contribution in [-0.2, 0) is 0 Å². The molecule has 0 aromatic carbocycles. The zero-order valence-corrected chi connectivity index (χ0v) is 11.4. The summed E-state index contributed by atoms with van der Waals surface area (Å²) in [4.78, 5) is 12.2. The molecule has 6 heteroatoms. The number of aromatic nitrogens is 2. The van der Waals surface area contributed by atoms with Crippen molar-refractivity contribution in [2.24, 2.45) is 0 Å². The molecule has 0 unspecified atom stereocenters. The van der Waals surface area contributed by atoms with Crippen LogP contribution in [0, 0.1) is 6.92 Å². The van der Waals surface area contributed by atoms with Crippen LogP contribution in [0.15, 0.2) is 5.38 Å². The van der Waals surface area contributed by atoms with E-state index in [9.17, 15) is 0 Å². The van der Waals surface area contributed by atoms with E-state index < -0.39 is 0 Å². The highest BCUT2D eigenvalue weighted by molar-refractivity contribution is 7.19. The standard InChI is InChI=1S/C10H14N4S2/c1-6-8(16-10(12-6)14(3)4)7-5-15-9(11-2)13-7/h5H,1-4H3,(H,11,13). The van der Waals surface area contributed by atoms with E-state index in [-0.39, 0.29) is 0 Å².